The predicted molar refractivity (Wildman–Crippen MR) is 139 cm³/mol. The van der Waals surface area contributed by atoms with E-state index >= 15 is 0 Å². The summed E-state index contributed by atoms with van der Waals surface area (Å²) >= 11 is 1.56. The Bertz CT molecular complexity index is 885. The van der Waals surface area contributed by atoms with Crippen LogP contribution in [0.25, 0.3) is 6.08 Å². The number of benzene rings is 1. The number of aliphatic hydroxyl groups excluding tert-OH is 1. The number of aryl methyl sites for hydroxylation is 1. The van der Waals surface area contributed by atoms with Gasteiger partial charge < -0.3 is 19.6 Å². The molecule has 0 amide bonds. The fraction of sp³-hybridized carbons (Fsp3) is 0.519. The predicted octanol–water partition coefficient (Wildman–Crippen LogP) is 5.54. The highest BCUT2D eigenvalue weighted by molar-refractivity contribution is 7.13. The maximum absolute atomic E-state index is 10.1. The van der Waals surface area contributed by atoms with E-state index in [1.165, 1.54) is 18.4 Å². The van der Waals surface area contributed by atoms with Crippen molar-refractivity contribution in [1.82, 2.24) is 14.8 Å². The minimum absolute atomic E-state index is 0.194. The Balaban J connectivity index is 1.41. The van der Waals surface area contributed by atoms with Gasteiger partial charge in [0.2, 0.25) is 0 Å². The zero-order chi connectivity index (χ0) is 23.6. The van der Waals surface area contributed by atoms with Crippen molar-refractivity contribution in [3.8, 4) is 10.9 Å². The maximum atomic E-state index is 10.1. The molecule has 1 aromatic heterocycles. The minimum Gasteiger partial charge on any atom is -0.431 e. The first-order valence-corrected chi connectivity index (χ1v) is 12.9. The summed E-state index contributed by atoms with van der Waals surface area (Å²) in [4.78, 5) is 10.6. The van der Waals surface area contributed by atoms with Crippen molar-refractivity contribution in [3.63, 3.8) is 0 Å². The fourth-order valence-corrected chi connectivity index (χ4v) is 5.10. The van der Waals surface area contributed by atoms with E-state index in [1.807, 2.05) is 31.2 Å². The molecule has 2 aromatic rings. The van der Waals surface area contributed by atoms with Gasteiger partial charge in [0, 0.05) is 24.0 Å². The van der Waals surface area contributed by atoms with Crippen LogP contribution >= 0.6 is 11.3 Å². The second-order valence-corrected chi connectivity index (χ2v) is 10.1. The van der Waals surface area contributed by atoms with Gasteiger partial charge in [0.05, 0.1) is 11.8 Å². The van der Waals surface area contributed by atoms with E-state index < -0.39 is 0 Å². The normalized spacial score (nSPS) is 16.5. The number of hydrogen-bond acceptors (Lipinski definition) is 6. The molecule has 0 saturated carbocycles. The van der Waals surface area contributed by atoms with E-state index in [4.69, 9.17) is 4.74 Å². The molecule has 0 radical (unpaired) electrons. The number of aromatic nitrogens is 1. The zero-order valence-corrected chi connectivity index (χ0v) is 21.2. The summed E-state index contributed by atoms with van der Waals surface area (Å²) in [5.74, 6) is 0.820. The molecule has 2 heterocycles. The topological polar surface area (TPSA) is 48.8 Å². The molecule has 0 aliphatic carbocycles. The monoisotopic (exact) mass is 469 g/mol. The van der Waals surface area contributed by atoms with Crippen LogP contribution < -0.4 is 4.74 Å². The van der Waals surface area contributed by atoms with Gasteiger partial charge in [-0.05, 0) is 76.5 Å². The highest BCUT2D eigenvalue weighted by Crippen LogP contribution is 2.29. The van der Waals surface area contributed by atoms with E-state index in [2.05, 4.69) is 47.5 Å². The number of thiazole rings is 1. The molecule has 1 aliphatic heterocycles. The molecule has 1 aliphatic rings. The maximum Gasteiger partial charge on any atom is 0.279 e. The van der Waals surface area contributed by atoms with Gasteiger partial charge in [-0.3, -0.25) is 0 Å². The molecule has 0 spiro atoms. The summed E-state index contributed by atoms with van der Waals surface area (Å²) in [6.45, 7) is 12.0. The van der Waals surface area contributed by atoms with Gasteiger partial charge in [-0.1, -0.05) is 55.5 Å². The van der Waals surface area contributed by atoms with Gasteiger partial charge in [0.15, 0.2) is 0 Å². The minimum atomic E-state index is -0.194. The molecule has 180 valence electrons. The molecule has 1 N–H and O–H groups in total. The average Bonchev–Trinajstić information content (AvgIpc) is 3.16. The highest BCUT2D eigenvalue weighted by atomic mass is 32.1. The van der Waals surface area contributed by atoms with Crippen LogP contribution in [-0.4, -0.2) is 65.3 Å². The summed E-state index contributed by atoms with van der Waals surface area (Å²) in [7, 11) is 2.16. The quantitative estimate of drug-likeness (QED) is 0.414. The second kappa shape index (κ2) is 13.0. The Kier molecular flexibility index (Phi) is 10.1. The summed E-state index contributed by atoms with van der Waals surface area (Å²) in [6, 6.07) is 8.97. The number of allylic oxidation sites excluding steroid dienone is 2. The van der Waals surface area contributed by atoms with Crippen molar-refractivity contribution >= 4 is 17.4 Å². The van der Waals surface area contributed by atoms with Crippen molar-refractivity contribution in [2.75, 3.05) is 33.2 Å². The van der Waals surface area contributed by atoms with Gasteiger partial charge in [0.1, 0.15) is 5.75 Å². The standard InChI is InChI=1S/C27H39N3O2S/c1-5-7-9-26-21(3)33-27(28-26)32-25-12-10-22(11-13-25)14-17-30-18-15-23(16-19-30)29(4)20-24(31)8-6-2/h5,7,9-13,23-24,31H,1,6,8,14-20H2,2-4H3/b9-7-. The van der Waals surface area contributed by atoms with Crippen LogP contribution in [0.4, 0.5) is 0 Å². The number of nitrogens with zero attached hydrogens (tertiary/aromatic N) is 3. The van der Waals surface area contributed by atoms with Crippen LogP contribution in [0.3, 0.4) is 0 Å². The molecular formula is C27H39N3O2S. The van der Waals surface area contributed by atoms with E-state index in [-0.39, 0.29) is 6.10 Å². The number of aliphatic hydroxyl groups is 1. The molecule has 1 saturated heterocycles. The molecule has 5 nitrogen and oxygen atoms in total. The van der Waals surface area contributed by atoms with Gasteiger partial charge in [-0.2, -0.15) is 0 Å². The third-order valence-electron chi connectivity index (χ3n) is 6.35. The number of rotatable bonds is 12. The summed E-state index contributed by atoms with van der Waals surface area (Å²) in [6.07, 6.45) is 10.7. The second-order valence-electron chi connectivity index (χ2n) is 8.97. The van der Waals surface area contributed by atoms with Crippen molar-refractivity contribution in [2.45, 2.75) is 58.1 Å². The molecule has 1 aromatic carbocycles. The fourth-order valence-electron chi connectivity index (χ4n) is 4.34. The van der Waals surface area contributed by atoms with Gasteiger partial charge in [0.25, 0.3) is 5.19 Å². The van der Waals surface area contributed by atoms with Crippen LogP contribution in [0.15, 0.2) is 43.0 Å². The number of likely N-dealkylation sites (tertiary alicyclic amines) is 1. The lowest BCUT2D eigenvalue weighted by atomic mass is 10.0. The van der Waals surface area contributed by atoms with Crippen LogP contribution in [0.5, 0.6) is 10.9 Å². The van der Waals surface area contributed by atoms with Crippen molar-refractivity contribution in [2.24, 2.45) is 0 Å². The SMILES string of the molecule is C=C/C=C\c1nc(Oc2ccc(CCN3CCC(N(C)CC(O)CCC)CC3)cc2)sc1C. The largest absolute Gasteiger partial charge is 0.431 e. The zero-order valence-electron chi connectivity index (χ0n) is 20.4. The molecule has 1 unspecified atom stereocenters. The third-order valence-corrected chi connectivity index (χ3v) is 7.21. The van der Waals surface area contributed by atoms with Crippen molar-refractivity contribution in [1.29, 1.82) is 0 Å². The molecule has 1 fully saturated rings. The summed E-state index contributed by atoms with van der Waals surface area (Å²) < 4.78 is 5.96. The van der Waals surface area contributed by atoms with Crippen LogP contribution in [-0.2, 0) is 6.42 Å². The lowest BCUT2D eigenvalue weighted by Crippen LogP contribution is -2.45. The van der Waals surface area contributed by atoms with Crippen molar-refractivity contribution < 1.29 is 9.84 Å². The first-order chi connectivity index (χ1) is 16.0. The Hall–Kier alpha value is -1.99. The lowest BCUT2D eigenvalue weighted by Gasteiger charge is -2.37. The Morgan fingerprint density at radius 1 is 1.30 bits per heavy atom. The summed E-state index contributed by atoms with van der Waals surface area (Å²) in [5.41, 5.74) is 2.26. The van der Waals surface area contributed by atoms with Crippen LogP contribution in [0, 0.1) is 6.92 Å². The Morgan fingerprint density at radius 2 is 2.03 bits per heavy atom. The van der Waals surface area contributed by atoms with E-state index in [1.54, 1.807) is 17.4 Å². The number of likely N-dealkylation sites (N-methyl/N-ethyl adjacent to an activating group) is 1. The van der Waals surface area contributed by atoms with Crippen molar-refractivity contribution in [3.05, 3.63) is 59.1 Å². The van der Waals surface area contributed by atoms with Gasteiger partial charge in [-0.15, -0.1) is 0 Å². The summed E-state index contributed by atoms with van der Waals surface area (Å²) in [5, 5.41) is 10.8. The van der Waals surface area contributed by atoms with Crippen LogP contribution in [0.1, 0.15) is 48.7 Å². The van der Waals surface area contributed by atoms with Gasteiger partial charge in [-0.25, -0.2) is 4.98 Å². The van der Waals surface area contributed by atoms with E-state index in [0.717, 1.165) is 61.8 Å². The molecule has 1 atom stereocenters. The molecule has 3 rings (SSSR count). The first kappa shape index (κ1) is 25.6. The van der Waals surface area contributed by atoms with Gasteiger partial charge >= 0.3 is 0 Å². The lowest BCUT2D eigenvalue weighted by molar-refractivity contribution is 0.0697. The Labute approximate surface area is 203 Å². The number of piperidine rings is 1. The number of ether oxygens (including phenoxy) is 1. The van der Waals surface area contributed by atoms with Crippen LogP contribution in [0.2, 0.25) is 0 Å². The van der Waals surface area contributed by atoms with E-state index in [9.17, 15) is 5.11 Å². The van der Waals surface area contributed by atoms with E-state index in [0.29, 0.717) is 11.2 Å². The molecular weight excluding hydrogens is 430 g/mol. The molecule has 0 bridgehead atoms. The highest BCUT2D eigenvalue weighted by Gasteiger charge is 2.23. The smallest absolute Gasteiger partial charge is 0.279 e. The Morgan fingerprint density at radius 3 is 2.70 bits per heavy atom. The molecule has 33 heavy (non-hydrogen) atoms. The third kappa shape index (κ3) is 8.07. The first-order valence-electron chi connectivity index (χ1n) is 12.1. The molecule has 6 heteroatoms. The average molecular weight is 470 g/mol. The number of hydrogen-bond donors (Lipinski definition) is 1.